The van der Waals surface area contributed by atoms with Crippen LogP contribution in [0.4, 0.5) is 5.69 Å². The Balaban J connectivity index is 1.98. The lowest BCUT2D eigenvalue weighted by Crippen LogP contribution is -2.33. The van der Waals surface area contributed by atoms with Gasteiger partial charge in [-0.1, -0.05) is 30.3 Å². The molecule has 0 saturated carbocycles. The van der Waals surface area contributed by atoms with Crippen LogP contribution in [-0.2, 0) is 4.79 Å². The number of carbonyl (C=O) groups excluding carboxylic acids is 1. The number of para-hydroxylation sites is 3. The summed E-state index contributed by atoms with van der Waals surface area (Å²) in [5.74, 6) is 0.355. The summed E-state index contributed by atoms with van der Waals surface area (Å²) in [7, 11) is 0. The summed E-state index contributed by atoms with van der Waals surface area (Å²) >= 11 is 1.07. The molecule has 0 fully saturated rings. The van der Waals surface area contributed by atoms with E-state index in [0.717, 1.165) is 22.5 Å². The largest absolute Gasteiger partial charge is 0.492 e. The maximum absolute atomic E-state index is 13.6. The first-order valence-electron chi connectivity index (χ1n) is 11.0. The van der Waals surface area contributed by atoms with Gasteiger partial charge in [-0.05, 0) is 56.2 Å². The van der Waals surface area contributed by atoms with Crippen LogP contribution in [0.25, 0.3) is 17.3 Å². The first kappa shape index (κ1) is 23.8. The lowest BCUT2D eigenvalue weighted by Gasteiger charge is -2.12. The lowest BCUT2D eigenvalue weighted by atomic mass is 10.1. The molecule has 2 aromatic heterocycles. The molecule has 1 N–H and O–H groups in total. The molecule has 8 heteroatoms. The van der Waals surface area contributed by atoms with Gasteiger partial charge < -0.3 is 14.5 Å². The lowest BCUT2D eigenvalue weighted by molar-refractivity contribution is -0.111. The van der Waals surface area contributed by atoms with Gasteiger partial charge in [0, 0.05) is 6.08 Å². The normalized spacial score (nSPS) is 12.2. The molecule has 7 nitrogen and oxygen atoms in total. The number of hydrogen-bond donors (Lipinski definition) is 1. The van der Waals surface area contributed by atoms with Crippen molar-refractivity contribution in [2.45, 2.75) is 20.8 Å². The molecule has 0 aliphatic rings. The van der Waals surface area contributed by atoms with Crippen LogP contribution in [0.3, 0.4) is 0 Å². The average Bonchev–Trinajstić information content (AvgIpc) is 3.45. The Hall–Kier alpha value is -4.35. The Labute approximate surface area is 205 Å². The summed E-state index contributed by atoms with van der Waals surface area (Å²) in [6.07, 6.45) is 3.12. The Morgan fingerprint density at radius 2 is 1.89 bits per heavy atom. The number of nitrogens with zero attached hydrogens (tertiary/aromatic N) is 2. The number of ether oxygens (including phenoxy) is 1. The molecule has 4 rings (SSSR count). The predicted molar refractivity (Wildman–Crippen MR) is 136 cm³/mol. The van der Waals surface area contributed by atoms with Crippen molar-refractivity contribution in [1.82, 2.24) is 4.57 Å². The number of furan rings is 1. The summed E-state index contributed by atoms with van der Waals surface area (Å²) in [6, 6.07) is 18.1. The summed E-state index contributed by atoms with van der Waals surface area (Å²) in [4.78, 5) is 26.9. The van der Waals surface area contributed by atoms with E-state index in [0.29, 0.717) is 34.0 Å². The minimum Gasteiger partial charge on any atom is -0.492 e. The van der Waals surface area contributed by atoms with Gasteiger partial charge in [-0.25, -0.2) is 0 Å². The number of carbonyl (C=O) groups is 1. The second kappa shape index (κ2) is 10.3. The number of benzene rings is 2. The topological polar surface area (TPSA) is 97.3 Å². The van der Waals surface area contributed by atoms with Crippen LogP contribution in [-0.4, -0.2) is 17.1 Å². The van der Waals surface area contributed by atoms with Crippen LogP contribution in [0.2, 0.25) is 0 Å². The van der Waals surface area contributed by atoms with E-state index < -0.39 is 5.91 Å². The number of rotatable bonds is 6. The summed E-state index contributed by atoms with van der Waals surface area (Å²) in [5, 5.41) is 12.8. The van der Waals surface area contributed by atoms with Crippen LogP contribution >= 0.6 is 11.3 Å². The van der Waals surface area contributed by atoms with Gasteiger partial charge in [-0.15, -0.1) is 11.3 Å². The first-order chi connectivity index (χ1) is 16.9. The van der Waals surface area contributed by atoms with E-state index in [2.05, 4.69) is 5.32 Å². The van der Waals surface area contributed by atoms with Gasteiger partial charge >= 0.3 is 0 Å². The highest BCUT2D eigenvalue weighted by atomic mass is 32.1. The molecule has 0 unspecified atom stereocenters. The van der Waals surface area contributed by atoms with E-state index in [1.807, 2.05) is 45.0 Å². The number of anilines is 1. The van der Waals surface area contributed by atoms with Gasteiger partial charge in [0.25, 0.3) is 11.5 Å². The van der Waals surface area contributed by atoms with Crippen molar-refractivity contribution in [2.24, 2.45) is 0 Å². The minimum atomic E-state index is -0.634. The highest BCUT2D eigenvalue weighted by molar-refractivity contribution is 7.07. The third-order valence-corrected chi connectivity index (χ3v) is 6.38. The van der Waals surface area contributed by atoms with Crippen molar-refractivity contribution in [3.63, 3.8) is 0 Å². The Bertz CT molecular complexity index is 1580. The monoisotopic (exact) mass is 485 g/mol. The summed E-state index contributed by atoms with van der Waals surface area (Å²) < 4.78 is 13.0. The Morgan fingerprint density at radius 3 is 2.54 bits per heavy atom. The van der Waals surface area contributed by atoms with Crippen molar-refractivity contribution in [1.29, 1.82) is 5.26 Å². The van der Waals surface area contributed by atoms with E-state index in [1.165, 1.54) is 10.8 Å². The van der Waals surface area contributed by atoms with Crippen LogP contribution < -0.4 is 24.8 Å². The zero-order chi connectivity index (χ0) is 24.9. The zero-order valence-corrected chi connectivity index (χ0v) is 20.3. The second-order valence-electron chi connectivity index (χ2n) is 7.68. The smallest absolute Gasteiger partial charge is 0.273 e. The van der Waals surface area contributed by atoms with Crippen LogP contribution in [0, 0.1) is 25.2 Å². The SMILES string of the molecule is CCOc1ccccc1NC(=O)/C(C#N)=c1\s/c(=C\c2ccco2)c(=O)n1-c1c(C)cccc1C. The number of aromatic nitrogens is 1. The molecule has 0 aliphatic carbocycles. The van der Waals surface area contributed by atoms with Crippen molar-refractivity contribution in [3.05, 3.63) is 97.3 Å². The van der Waals surface area contributed by atoms with E-state index >= 15 is 0 Å². The van der Waals surface area contributed by atoms with Crippen LogP contribution in [0.5, 0.6) is 5.75 Å². The fraction of sp³-hybridized carbons (Fsp3) is 0.148. The zero-order valence-electron chi connectivity index (χ0n) is 19.5. The minimum absolute atomic E-state index is 0.180. The molecule has 0 atom stereocenters. The summed E-state index contributed by atoms with van der Waals surface area (Å²) in [6.45, 7) is 6.04. The molecule has 1 amide bonds. The van der Waals surface area contributed by atoms with Gasteiger partial charge in [0.15, 0.2) is 5.57 Å². The van der Waals surface area contributed by atoms with Crippen molar-refractivity contribution < 1.29 is 13.9 Å². The molecular weight excluding hydrogens is 462 g/mol. The molecule has 2 heterocycles. The molecular formula is C27H23N3O4S. The number of thiazole rings is 1. The third-order valence-electron chi connectivity index (χ3n) is 5.29. The molecule has 0 bridgehead atoms. The maximum Gasteiger partial charge on any atom is 0.273 e. The fourth-order valence-corrected chi connectivity index (χ4v) is 4.81. The molecule has 0 radical (unpaired) electrons. The number of nitrogens with one attached hydrogen (secondary N) is 1. The molecule has 0 spiro atoms. The Kier molecular flexibility index (Phi) is 6.99. The van der Waals surface area contributed by atoms with Gasteiger partial charge in [0.05, 0.1) is 28.8 Å². The number of amides is 1. The molecule has 35 heavy (non-hydrogen) atoms. The molecule has 0 aliphatic heterocycles. The number of hydrogen-bond acceptors (Lipinski definition) is 6. The quantitative estimate of drug-likeness (QED) is 0.450. The number of aryl methyl sites for hydroxylation is 2. The average molecular weight is 486 g/mol. The molecule has 0 saturated heterocycles. The van der Waals surface area contributed by atoms with Gasteiger partial charge in [-0.2, -0.15) is 5.26 Å². The van der Waals surface area contributed by atoms with Crippen molar-refractivity contribution in [2.75, 3.05) is 11.9 Å². The van der Waals surface area contributed by atoms with Crippen molar-refractivity contribution in [3.8, 4) is 17.5 Å². The van der Waals surface area contributed by atoms with Gasteiger partial charge in [-0.3, -0.25) is 14.2 Å². The standard InChI is InChI=1S/C27H23N3O4S/c1-4-33-22-13-6-5-12-21(22)29-25(31)20(16-28)27-30(24-17(2)9-7-10-18(24)3)26(32)23(35-27)15-19-11-8-14-34-19/h5-15H,4H2,1-3H3,(H,29,31)/b23-15-,27-20-. The van der Waals surface area contributed by atoms with E-state index in [1.54, 1.807) is 42.5 Å². The van der Waals surface area contributed by atoms with Crippen LogP contribution in [0.1, 0.15) is 23.8 Å². The predicted octanol–water partition coefficient (Wildman–Crippen LogP) is 3.65. The van der Waals surface area contributed by atoms with Gasteiger partial charge in [0.2, 0.25) is 0 Å². The Morgan fingerprint density at radius 1 is 1.14 bits per heavy atom. The van der Waals surface area contributed by atoms with E-state index in [4.69, 9.17) is 9.15 Å². The molecule has 2 aromatic carbocycles. The maximum atomic E-state index is 13.6. The van der Waals surface area contributed by atoms with Crippen LogP contribution in [0.15, 0.2) is 70.1 Å². The first-order valence-corrected chi connectivity index (χ1v) is 11.8. The molecule has 4 aromatic rings. The van der Waals surface area contributed by atoms with Gasteiger partial charge in [0.1, 0.15) is 22.2 Å². The van der Waals surface area contributed by atoms with E-state index in [9.17, 15) is 14.9 Å². The van der Waals surface area contributed by atoms with Crippen molar-refractivity contribution >= 4 is 34.6 Å². The summed E-state index contributed by atoms with van der Waals surface area (Å²) in [5.41, 5.74) is 2.24. The molecule has 176 valence electrons. The number of nitriles is 1. The highest BCUT2D eigenvalue weighted by Crippen LogP contribution is 2.24. The highest BCUT2D eigenvalue weighted by Gasteiger charge is 2.20. The fourth-order valence-electron chi connectivity index (χ4n) is 3.75. The second-order valence-corrected chi connectivity index (χ2v) is 8.71. The third kappa shape index (κ3) is 4.81. The van der Waals surface area contributed by atoms with E-state index in [-0.39, 0.29) is 15.8 Å².